The van der Waals surface area contributed by atoms with Gasteiger partial charge in [0.25, 0.3) is 0 Å². The van der Waals surface area contributed by atoms with E-state index in [1.807, 2.05) is 0 Å². The number of nitrogens with one attached hydrogen (secondary N) is 1. The first-order chi connectivity index (χ1) is 12.1. The van der Waals surface area contributed by atoms with E-state index in [1.54, 1.807) is 18.4 Å². The maximum absolute atomic E-state index is 13.0. The number of hydrogen-bond donors (Lipinski definition) is 2. The van der Waals surface area contributed by atoms with E-state index in [1.165, 1.54) is 6.07 Å². The average molecular weight is 370 g/mol. The molecule has 1 amide bonds. The minimum atomic E-state index is -4.54. The third-order valence-electron chi connectivity index (χ3n) is 4.59. The van der Waals surface area contributed by atoms with E-state index in [-0.39, 0.29) is 36.6 Å². The van der Waals surface area contributed by atoms with Crippen molar-refractivity contribution >= 4 is 23.0 Å². The quantitative estimate of drug-likeness (QED) is 0.844. The lowest BCUT2D eigenvalue weighted by Gasteiger charge is -2.29. The van der Waals surface area contributed by atoms with Gasteiger partial charge in [0.15, 0.2) is 5.65 Å². The number of anilines is 1. The Bertz CT molecular complexity index is 825. The summed E-state index contributed by atoms with van der Waals surface area (Å²) < 4.78 is 40.6. The van der Waals surface area contributed by atoms with Crippen LogP contribution in [0.2, 0.25) is 0 Å². The molecule has 1 fully saturated rings. The second-order valence-corrected chi connectivity index (χ2v) is 7.47. The van der Waals surface area contributed by atoms with Gasteiger partial charge in [0.2, 0.25) is 11.9 Å². The summed E-state index contributed by atoms with van der Waals surface area (Å²) in [5, 5.41) is 12.0. The molecule has 1 saturated carbocycles. The Hall–Kier alpha value is -2.16. The molecule has 26 heavy (non-hydrogen) atoms. The summed E-state index contributed by atoms with van der Waals surface area (Å²) in [5.74, 6) is -0.147. The van der Waals surface area contributed by atoms with Gasteiger partial charge in [0, 0.05) is 19.1 Å². The fraction of sp³-hybridized carbons (Fsp3) is 0.588. The van der Waals surface area contributed by atoms with Gasteiger partial charge in [-0.25, -0.2) is 9.97 Å². The van der Waals surface area contributed by atoms with Crippen LogP contribution in [0.15, 0.2) is 12.1 Å². The van der Waals surface area contributed by atoms with Gasteiger partial charge in [-0.05, 0) is 36.8 Å². The van der Waals surface area contributed by atoms with Crippen LogP contribution in [0.1, 0.15) is 51.3 Å². The van der Waals surface area contributed by atoms with Crippen LogP contribution >= 0.6 is 0 Å². The van der Waals surface area contributed by atoms with Gasteiger partial charge >= 0.3 is 6.18 Å². The standard InChI is InChI=1S/C17H21F3N4O2/c1-16(2,9-25)8-13(26)23-15-21-11-6-7-12(17(18,19)20)22-14(11)24(15)10-4-3-5-10/h6-7,10,25H,3-5,8-9H2,1-2H3,(H,21,23,26). The summed E-state index contributed by atoms with van der Waals surface area (Å²) in [7, 11) is 0. The SMILES string of the molecule is CC(C)(CO)CC(=O)Nc1nc2ccc(C(F)(F)F)nc2n1C1CCC1. The van der Waals surface area contributed by atoms with E-state index < -0.39 is 17.3 Å². The summed E-state index contributed by atoms with van der Waals surface area (Å²) in [6, 6.07) is 2.13. The summed E-state index contributed by atoms with van der Waals surface area (Å²) in [6.07, 6.45) is -1.91. The van der Waals surface area contributed by atoms with Gasteiger partial charge in [-0.2, -0.15) is 13.2 Å². The number of pyridine rings is 1. The van der Waals surface area contributed by atoms with E-state index in [0.29, 0.717) is 5.52 Å². The molecular weight excluding hydrogens is 349 g/mol. The Kier molecular flexibility index (Phi) is 4.68. The lowest BCUT2D eigenvalue weighted by molar-refractivity contribution is -0.141. The monoisotopic (exact) mass is 370 g/mol. The zero-order chi connectivity index (χ0) is 19.1. The zero-order valence-corrected chi connectivity index (χ0v) is 14.6. The minimum Gasteiger partial charge on any atom is -0.396 e. The molecule has 0 atom stereocenters. The predicted molar refractivity (Wildman–Crippen MR) is 89.5 cm³/mol. The van der Waals surface area contributed by atoms with E-state index >= 15 is 0 Å². The molecular formula is C17H21F3N4O2. The van der Waals surface area contributed by atoms with Crippen molar-refractivity contribution in [3.05, 3.63) is 17.8 Å². The van der Waals surface area contributed by atoms with Gasteiger partial charge in [0.1, 0.15) is 11.2 Å². The minimum absolute atomic E-state index is 0.0304. The van der Waals surface area contributed by atoms with Crippen molar-refractivity contribution < 1.29 is 23.1 Å². The molecule has 2 aromatic rings. The highest BCUT2D eigenvalue weighted by molar-refractivity contribution is 5.91. The number of aliphatic hydroxyl groups is 1. The van der Waals surface area contributed by atoms with Gasteiger partial charge in [-0.1, -0.05) is 13.8 Å². The molecule has 0 spiro atoms. The van der Waals surface area contributed by atoms with Crippen LogP contribution in [0.4, 0.5) is 19.1 Å². The summed E-state index contributed by atoms with van der Waals surface area (Å²) in [4.78, 5) is 20.3. The van der Waals surface area contributed by atoms with Crippen molar-refractivity contribution in [2.24, 2.45) is 5.41 Å². The number of halogens is 3. The smallest absolute Gasteiger partial charge is 0.396 e. The maximum atomic E-state index is 13.0. The maximum Gasteiger partial charge on any atom is 0.433 e. The van der Waals surface area contributed by atoms with E-state index in [2.05, 4.69) is 15.3 Å². The molecule has 2 N–H and O–H groups in total. The lowest BCUT2D eigenvalue weighted by Crippen LogP contribution is -2.27. The molecule has 0 radical (unpaired) electrons. The molecule has 1 aliphatic carbocycles. The summed E-state index contributed by atoms with van der Waals surface area (Å²) in [6.45, 7) is 3.34. The number of alkyl halides is 3. The van der Waals surface area contributed by atoms with Crippen molar-refractivity contribution in [3.8, 4) is 0 Å². The molecule has 2 heterocycles. The van der Waals surface area contributed by atoms with Gasteiger partial charge < -0.3 is 5.11 Å². The van der Waals surface area contributed by atoms with Crippen LogP contribution in [0.5, 0.6) is 0 Å². The molecule has 142 valence electrons. The Morgan fingerprint density at radius 2 is 2.00 bits per heavy atom. The largest absolute Gasteiger partial charge is 0.433 e. The van der Waals surface area contributed by atoms with Crippen LogP contribution < -0.4 is 5.32 Å². The molecule has 0 aliphatic heterocycles. The number of fused-ring (bicyclic) bond motifs is 1. The van der Waals surface area contributed by atoms with Crippen LogP contribution in [-0.4, -0.2) is 32.2 Å². The van der Waals surface area contributed by atoms with Crippen LogP contribution in [0.3, 0.4) is 0 Å². The molecule has 0 aromatic carbocycles. The third kappa shape index (κ3) is 3.67. The Balaban J connectivity index is 1.98. The zero-order valence-electron chi connectivity index (χ0n) is 14.6. The third-order valence-corrected chi connectivity index (χ3v) is 4.59. The number of aliphatic hydroxyl groups excluding tert-OH is 1. The van der Waals surface area contributed by atoms with Gasteiger partial charge in [-0.3, -0.25) is 14.7 Å². The van der Waals surface area contributed by atoms with Gasteiger partial charge in [0.05, 0.1) is 0 Å². The van der Waals surface area contributed by atoms with Crippen molar-refractivity contribution in [3.63, 3.8) is 0 Å². The highest BCUT2D eigenvalue weighted by Crippen LogP contribution is 2.38. The second-order valence-electron chi connectivity index (χ2n) is 7.47. The van der Waals surface area contributed by atoms with E-state index in [4.69, 9.17) is 0 Å². The Morgan fingerprint density at radius 1 is 1.31 bits per heavy atom. The molecule has 9 heteroatoms. The average Bonchev–Trinajstić information content (AvgIpc) is 2.81. The number of rotatable bonds is 5. The lowest BCUT2D eigenvalue weighted by atomic mass is 9.90. The molecule has 6 nitrogen and oxygen atoms in total. The number of nitrogens with zero attached hydrogens (tertiary/aromatic N) is 3. The van der Waals surface area contributed by atoms with Crippen molar-refractivity contribution in [2.45, 2.75) is 51.7 Å². The van der Waals surface area contributed by atoms with Crippen molar-refractivity contribution in [2.75, 3.05) is 11.9 Å². The number of aromatic nitrogens is 3. The Labute approximate surface area is 148 Å². The number of hydrogen-bond acceptors (Lipinski definition) is 4. The molecule has 2 aromatic heterocycles. The fourth-order valence-corrected chi connectivity index (χ4v) is 2.87. The number of imidazole rings is 1. The van der Waals surface area contributed by atoms with E-state index in [9.17, 15) is 23.1 Å². The van der Waals surface area contributed by atoms with Crippen LogP contribution in [0, 0.1) is 5.41 Å². The first kappa shape index (κ1) is 18.6. The first-order valence-corrected chi connectivity index (χ1v) is 8.47. The van der Waals surface area contributed by atoms with E-state index in [0.717, 1.165) is 25.3 Å². The Morgan fingerprint density at radius 3 is 2.54 bits per heavy atom. The van der Waals surface area contributed by atoms with Crippen molar-refractivity contribution in [1.82, 2.24) is 14.5 Å². The first-order valence-electron chi connectivity index (χ1n) is 8.47. The topological polar surface area (TPSA) is 80.0 Å². The molecule has 0 saturated heterocycles. The molecule has 0 bridgehead atoms. The molecule has 0 unspecified atom stereocenters. The molecule has 1 aliphatic rings. The number of amides is 1. The number of carbonyl (C=O) groups excluding carboxylic acids is 1. The number of carbonyl (C=O) groups is 1. The highest BCUT2D eigenvalue weighted by atomic mass is 19.4. The van der Waals surface area contributed by atoms with Gasteiger partial charge in [-0.15, -0.1) is 0 Å². The highest BCUT2D eigenvalue weighted by Gasteiger charge is 2.34. The molecule has 3 rings (SSSR count). The summed E-state index contributed by atoms with van der Waals surface area (Å²) in [5.41, 5.74) is -1.15. The van der Waals surface area contributed by atoms with Crippen LogP contribution in [0.25, 0.3) is 11.2 Å². The summed E-state index contributed by atoms with van der Waals surface area (Å²) >= 11 is 0. The second kappa shape index (κ2) is 6.53. The van der Waals surface area contributed by atoms with Crippen molar-refractivity contribution in [1.29, 1.82) is 0 Å². The predicted octanol–water partition coefficient (Wildman–Crippen LogP) is 3.52. The van der Waals surface area contributed by atoms with Crippen LogP contribution in [-0.2, 0) is 11.0 Å². The normalized spacial score (nSPS) is 15.9. The fourth-order valence-electron chi connectivity index (χ4n) is 2.87.